The Morgan fingerprint density at radius 3 is 2.43 bits per heavy atom. The van der Waals surface area contributed by atoms with E-state index in [0.717, 1.165) is 31.5 Å². The van der Waals surface area contributed by atoms with Crippen LogP contribution in [0, 0.1) is 0 Å². The number of methoxy groups -OCH3 is 1. The van der Waals surface area contributed by atoms with Crippen molar-refractivity contribution in [3.63, 3.8) is 0 Å². The fourth-order valence-electron chi connectivity index (χ4n) is 5.12. The van der Waals surface area contributed by atoms with Crippen molar-refractivity contribution in [2.24, 2.45) is 0 Å². The highest BCUT2D eigenvalue weighted by molar-refractivity contribution is 6.21. The van der Waals surface area contributed by atoms with Crippen molar-refractivity contribution in [2.75, 3.05) is 33.4 Å². The van der Waals surface area contributed by atoms with Crippen molar-refractivity contribution in [2.45, 2.75) is 57.0 Å². The monoisotopic (exact) mass is 481 g/mol. The minimum Gasteiger partial charge on any atom is -0.383 e. The van der Waals surface area contributed by atoms with Gasteiger partial charge in [-0.3, -0.25) is 23.9 Å². The lowest BCUT2D eigenvalue weighted by Gasteiger charge is -2.32. The summed E-state index contributed by atoms with van der Waals surface area (Å²) in [4.78, 5) is 54.1. The molecule has 1 atom stereocenters. The first-order valence-electron chi connectivity index (χ1n) is 12.4. The van der Waals surface area contributed by atoms with Crippen LogP contribution in [-0.2, 0) is 16.1 Å². The van der Waals surface area contributed by atoms with Gasteiger partial charge >= 0.3 is 5.69 Å². The summed E-state index contributed by atoms with van der Waals surface area (Å²) in [5.74, 6) is 0.208. The molecule has 1 aliphatic carbocycles. The highest BCUT2D eigenvalue weighted by atomic mass is 16.5. The zero-order chi connectivity index (χ0) is 24.5. The van der Waals surface area contributed by atoms with Crippen LogP contribution in [0.3, 0.4) is 0 Å². The van der Waals surface area contributed by atoms with Gasteiger partial charge in [-0.05, 0) is 44.2 Å². The molecule has 2 aromatic rings. The van der Waals surface area contributed by atoms with E-state index in [1.807, 2.05) is 9.47 Å². The molecular formula is C25H31N5O5. The van der Waals surface area contributed by atoms with E-state index in [-0.39, 0.29) is 48.3 Å². The van der Waals surface area contributed by atoms with Crippen molar-refractivity contribution in [3.8, 4) is 0 Å². The molecule has 0 spiro atoms. The average molecular weight is 482 g/mol. The van der Waals surface area contributed by atoms with Crippen LogP contribution in [0.5, 0.6) is 0 Å². The third kappa shape index (κ3) is 4.54. The number of fused-ring (bicyclic) bond motifs is 1. The summed E-state index contributed by atoms with van der Waals surface area (Å²) in [5, 5.41) is 4.64. The minimum absolute atomic E-state index is 0.00504. The van der Waals surface area contributed by atoms with Crippen molar-refractivity contribution in [1.29, 1.82) is 0 Å². The van der Waals surface area contributed by atoms with Gasteiger partial charge in [0.1, 0.15) is 5.82 Å². The lowest BCUT2D eigenvalue weighted by atomic mass is 9.96. The van der Waals surface area contributed by atoms with Crippen molar-refractivity contribution >= 4 is 17.7 Å². The van der Waals surface area contributed by atoms with E-state index >= 15 is 0 Å². The van der Waals surface area contributed by atoms with Crippen LogP contribution in [0.4, 0.5) is 0 Å². The molecule has 2 aliphatic heterocycles. The summed E-state index contributed by atoms with van der Waals surface area (Å²) >= 11 is 0. The third-order valence-electron chi connectivity index (χ3n) is 7.11. The van der Waals surface area contributed by atoms with Gasteiger partial charge in [0.2, 0.25) is 5.91 Å². The standard InChI is InChI=1S/C25H31N5O5/c1-35-15-14-29-25(34)30(18-10-11-18)22(26-29)17-6-4-12-27(16-17)21(31)9-5-13-28-23(32)19-7-2-3-8-20(19)24(28)33/h2-3,7-8,17-18H,4-6,9-16H2,1H3. The zero-order valence-electron chi connectivity index (χ0n) is 20.0. The van der Waals surface area contributed by atoms with Crippen LogP contribution in [-0.4, -0.2) is 75.2 Å². The van der Waals surface area contributed by atoms with Gasteiger partial charge in [0.05, 0.1) is 24.3 Å². The number of hydrogen-bond donors (Lipinski definition) is 0. The first-order chi connectivity index (χ1) is 17.0. The normalized spacial score (nSPS) is 20.0. The van der Waals surface area contributed by atoms with Crippen molar-refractivity contribution in [3.05, 3.63) is 51.7 Å². The predicted octanol–water partition coefficient (Wildman–Crippen LogP) is 1.81. The Morgan fingerprint density at radius 1 is 1.06 bits per heavy atom. The Balaban J connectivity index is 1.20. The van der Waals surface area contributed by atoms with Crippen molar-refractivity contribution in [1.82, 2.24) is 24.1 Å². The molecule has 5 rings (SSSR count). The largest absolute Gasteiger partial charge is 0.383 e. The lowest BCUT2D eigenvalue weighted by Crippen LogP contribution is -2.40. The Hall–Kier alpha value is -3.27. The fraction of sp³-hybridized carbons (Fsp3) is 0.560. The number of aromatic nitrogens is 3. The van der Waals surface area contributed by atoms with E-state index in [9.17, 15) is 19.2 Å². The quantitative estimate of drug-likeness (QED) is 0.506. The first-order valence-corrected chi connectivity index (χ1v) is 12.4. The van der Waals surface area contributed by atoms with Gasteiger partial charge in [0.25, 0.3) is 11.8 Å². The lowest BCUT2D eigenvalue weighted by molar-refractivity contribution is -0.132. The molecule has 1 unspecified atom stereocenters. The number of hydrogen-bond acceptors (Lipinski definition) is 6. The number of rotatable bonds is 9. The van der Waals surface area contributed by atoms with Gasteiger partial charge in [0.15, 0.2) is 0 Å². The summed E-state index contributed by atoms with van der Waals surface area (Å²) in [7, 11) is 1.60. The molecule has 0 radical (unpaired) electrons. The smallest absolute Gasteiger partial charge is 0.346 e. The molecule has 186 valence electrons. The van der Waals surface area contributed by atoms with E-state index in [4.69, 9.17) is 4.74 Å². The molecule has 1 aromatic carbocycles. The predicted molar refractivity (Wildman–Crippen MR) is 126 cm³/mol. The molecule has 1 saturated heterocycles. The second-order valence-corrected chi connectivity index (χ2v) is 9.55. The fourth-order valence-corrected chi connectivity index (χ4v) is 5.12. The van der Waals surface area contributed by atoms with Crippen molar-refractivity contribution < 1.29 is 19.1 Å². The summed E-state index contributed by atoms with van der Waals surface area (Å²) in [6.45, 7) is 2.25. The number of benzene rings is 1. The zero-order valence-corrected chi connectivity index (χ0v) is 20.0. The number of piperidine rings is 1. The van der Waals surface area contributed by atoms with E-state index in [1.165, 1.54) is 9.58 Å². The van der Waals surface area contributed by atoms with Crippen LogP contribution in [0.1, 0.15) is 77.0 Å². The second kappa shape index (κ2) is 9.77. The van der Waals surface area contributed by atoms with Gasteiger partial charge in [-0.1, -0.05) is 12.1 Å². The van der Waals surface area contributed by atoms with Gasteiger partial charge in [-0.15, -0.1) is 0 Å². The number of likely N-dealkylation sites (tertiary alicyclic amines) is 1. The first kappa shape index (κ1) is 23.5. The summed E-state index contributed by atoms with van der Waals surface area (Å²) in [6, 6.07) is 7.01. The topological polar surface area (TPSA) is 107 Å². The van der Waals surface area contributed by atoms with Gasteiger partial charge < -0.3 is 9.64 Å². The van der Waals surface area contributed by atoms with E-state index in [2.05, 4.69) is 5.10 Å². The summed E-state index contributed by atoms with van der Waals surface area (Å²) in [5.41, 5.74) is 0.757. The molecule has 10 nitrogen and oxygen atoms in total. The molecule has 1 aromatic heterocycles. The Kier molecular flexibility index (Phi) is 6.55. The Labute approximate surface area is 203 Å². The van der Waals surface area contributed by atoms with Gasteiger partial charge in [-0.2, -0.15) is 5.10 Å². The van der Waals surface area contributed by atoms with E-state index < -0.39 is 0 Å². The maximum Gasteiger partial charge on any atom is 0.346 e. The third-order valence-corrected chi connectivity index (χ3v) is 7.11. The van der Waals surface area contributed by atoms with Crippen LogP contribution in [0.25, 0.3) is 0 Å². The molecule has 35 heavy (non-hydrogen) atoms. The van der Waals surface area contributed by atoms with Crippen LogP contribution >= 0.6 is 0 Å². The SMILES string of the molecule is COCCn1nc(C2CCCN(C(=O)CCCN3C(=O)c4ccccc4C3=O)C2)n(C2CC2)c1=O. The molecule has 3 aliphatic rings. The highest BCUT2D eigenvalue weighted by Gasteiger charge is 2.36. The van der Waals surface area contributed by atoms with Gasteiger partial charge in [-0.25, -0.2) is 9.48 Å². The van der Waals surface area contributed by atoms with Crippen LogP contribution in [0.15, 0.2) is 29.1 Å². The molecule has 2 fully saturated rings. The number of imide groups is 1. The second-order valence-electron chi connectivity index (χ2n) is 9.55. The molecule has 1 saturated carbocycles. The van der Waals surface area contributed by atoms with E-state index in [1.54, 1.807) is 31.4 Å². The maximum atomic E-state index is 13.0. The number of amides is 3. The molecular weight excluding hydrogens is 450 g/mol. The molecule has 3 amide bonds. The van der Waals surface area contributed by atoms with Crippen LogP contribution < -0.4 is 5.69 Å². The number of ether oxygens (including phenoxy) is 1. The molecule has 3 heterocycles. The number of nitrogens with zero attached hydrogens (tertiary/aromatic N) is 5. The highest BCUT2D eigenvalue weighted by Crippen LogP contribution is 2.37. The molecule has 0 bridgehead atoms. The Bertz CT molecular complexity index is 1160. The maximum absolute atomic E-state index is 13.0. The Morgan fingerprint density at radius 2 is 1.77 bits per heavy atom. The van der Waals surface area contributed by atoms with E-state index in [0.29, 0.717) is 43.8 Å². The molecule has 0 N–H and O–H groups in total. The average Bonchev–Trinajstić information content (AvgIpc) is 3.62. The number of carbonyl (C=O) groups excluding carboxylic acids is 3. The van der Waals surface area contributed by atoms with Crippen LogP contribution in [0.2, 0.25) is 0 Å². The summed E-state index contributed by atoms with van der Waals surface area (Å²) < 4.78 is 8.43. The number of carbonyl (C=O) groups is 3. The minimum atomic E-state index is -0.293. The van der Waals surface area contributed by atoms with Gasteiger partial charge in [0, 0.05) is 45.1 Å². The molecule has 10 heteroatoms. The summed E-state index contributed by atoms with van der Waals surface area (Å²) in [6.07, 6.45) is 4.37.